The number of carbonyl (C=O) groups is 1. The van der Waals surface area contributed by atoms with Crippen LogP contribution in [0.3, 0.4) is 0 Å². The Morgan fingerprint density at radius 1 is 1.32 bits per heavy atom. The third-order valence-corrected chi connectivity index (χ3v) is 4.14. The molecule has 0 aliphatic carbocycles. The van der Waals surface area contributed by atoms with Gasteiger partial charge < -0.3 is 20.1 Å². The van der Waals surface area contributed by atoms with Crippen molar-refractivity contribution in [1.29, 1.82) is 0 Å². The molecule has 1 fully saturated rings. The van der Waals surface area contributed by atoms with Crippen LogP contribution >= 0.6 is 12.4 Å². The Hall–Kier alpha value is -1.46. The van der Waals surface area contributed by atoms with E-state index in [-0.39, 0.29) is 24.4 Å². The molecule has 2 N–H and O–H groups in total. The van der Waals surface area contributed by atoms with Crippen LogP contribution in [0, 0.1) is 5.92 Å². The molecule has 1 saturated heterocycles. The standard InChI is InChI=1S/C16H24N2O3.ClH/c1-11-6-7-18(13(8-11)10-17)16(19)12-4-5-14(20-2)15(9-12)21-3;/h4-5,9,11,13H,6-8,10,17H2,1-3H3;1H. The van der Waals surface area contributed by atoms with Crippen molar-refractivity contribution in [3.8, 4) is 11.5 Å². The number of nitrogens with zero attached hydrogens (tertiary/aromatic N) is 1. The summed E-state index contributed by atoms with van der Waals surface area (Å²) in [5.74, 6) is 1.82. The molecule has 1 aliphatic heterocycles. The van der Waals surface area contributed by atoms with Gasteiger partial charge in [-0.1, -0.05) is 6.92 Å². The first-order chi connectivity index (χ1) is 10.1. The van der Waals surface area contributed by atoms with Gasteiger partial charge in [0.25, 0.3) is 5.91 Å². The van der Waals surface area contributed by atoms with E-state index in [4.69, 9.17) is 15.2 Å². The number of piperidine rings is 1. The van der Waals surface area contributed by atoms with E-state index in [9.17, 15) is 4.79 Å². The van der Waals surface area contributed by atoms with Gasteiger partial charge in [0.2, 0.25) is 0 Å². The molecule has 0 aromatic heterocycles. The highest BCUT2D eigenvalue weighted by Crippen LogP contribution is 2.29. The summed E-state index contributed by atoms with van der Waals surface area (Å²) in [4.78, 5) is 14.6. The van der Waals surface area contributed by atoms with Gasteiger partial charge in [0.15, 0.2) is 11.5 Å². The Morgan fingerprint density at radius 2 is 2.00 bits per heavy atom. The maximum Gasteiger partial charge on any atom is 0.254 e. The molecule has 5 nitrogen and oxygen atoms in total. The highest BCUT2D eigenvalue weighted by molar-refractivity contribution is 5.95. The van der Waals surface area contributed by atoms with Gasteiger partial charge in [0, 0.05) is 24.7 Å². The lowest BCUT2D eigenvalue weighted by molar-refractivity contribution is 0.0573. The van der Waals surface area contributed by atoms with Crippen LogP contribution < -0.4 is 15.2 Å². The van der Waals surface area contributed by atoms with Crippen molar-refractivity contribution in [2.24, 2.45) is 11.7 Å². The number of nitrogens with two attached hydrogens (primary N) is 1. The SMILES string of the molecule is COc1ccc(C(=O)N2CCC(C)CC2CN)cc1OC.Cl. The minimum atomic E-state index is 0. The Morgan fingerprint density at radius 3 is 2.59 bits per heavy atom. The average molecular weight is 329 g/mol. The molecule has 1 aromatic rings. The van der Waals surface area contributed by atoms with E-state index in [1.807, 2.05) is 4.90 Å². The molecule has 1 aromatic carbocycles. The van der Waals surface area contributed by atoms with Crippen LogP contribution in [0.25, 0.3) is 0 Å². The smallest absolute Gasteiger partial charge is 0.254 e. The van der Waals surface area contributed by atoms with E-state index < -0.39 is 0 Å². The van der Waals surface area contributed by atoms with Gasteiger partial charge in [-0.15, -0.1) is 12.4 Å². The highest BCUT2D eigenvalue weighted by Gasteiger charge is 2.29. The first kappa shape index (κ1) is 18.6. The normalized spacial score (nSPS) is 21.0. The van der Waals surface area contributed by atoms with Crippen molar-refractivity contribution in [3.63, 3.8) is 0 Å². The topological polar surface area (TPSA) is 64.8 Å². The van der Waals surface area contributed by atoms with E-state index >= 15 is 0 Å². The second-order valence-electron chi connectivity index (χ2n) is 5.59. The number of ether oxygens (including phenoxy) is 2. The first-order valence-electron chi connectivity index (χ1n) is 7.33. The van der Waals surface area contributed by atoms with Gasteiger partial charge in [-0.3, -0.25) is 4.79 Å². The fourth-order valence-corrected chi connectivity index (χ4v) is 2.88. The summed E-state index contributed by atoms with van der Waals surface area (Å²) in [5, 5.41) is 0. The lowest BCUT2D eigenvalue weighted by atomic mass is 9.92. The van der Waals surface area contributed by atoms with Crippen molar-refractivity contribution >= 4 is 18.3 Å². The largest absolute Gasteiger partial charge is 0.493 e. The summed E-state index contributed by atoms with van der Waals surface area (Å²) in [5.41, 5.74) is 6.45. The number of rotatable bonds is 4. The third-order valence-electron chi connectivity index (χ3n) is 4.14. The molecule has 124 valence electrons. The van der Waals surface area contributed by atoms with Gasteiger partial charge in [-0.05, 0) is 37.0 Å². The van der Waals surface area contributed by atoms with E-state index in [1.54, 1.807) is 32.4 Å². The van der Waals surface area contributed by atoms with Crippen LogP contribution in [0.1, 0.15) is 30.1 Å². The van der Waals surface area contributed by atoms with E-state index in [2.05, 4.69) is 6.92 Å². The quantitative estimate of drug-likeness (QED) is 0.921. The van der Waals surface area contributed by atoms with Crippen LogP contribution in [0.15, 0.2) is 18.2 Å². The van der Waals surface area contributed by atoms with E-state index in [0.29, 0.717) is 29.5 Å². The number of likely N-dealkylation sites (tertiary alicyclic amines) is 1. The summed E-state index contributed by atoms with van der Waals surface area (Å²) in [7, 11) is 3.15. The molecule has 0 bridgehead atoms. The second kappa shape index (κ2) is 8.25. The molecule has 0 saturated carbocycles. The van der Waals surface area contributed by atoms with Gasteiger partial charge in [-0.2, -0.15) is 0 Å². The fraction of sp³-hybridized carbons (Fsp3) is 0.562. The number of methoxy groups -OCH3 is 2. The van der Waals surface area contributed by atoms with Gasteiger partial charge in [0.05, 0.1) is 14.2 Å². The molecular formula is C16H25ClN2O3. The van der Waals surface area contributed by atoms with Crippen LogP contribution in [-0.2, 0) is 0 Å². The summed E-state index contributed by atoms with van der Waals surface area (Å²) < 4.78 is 10.5. The molecule has 0 radical (unpaired) electrons. The van der Waals surface area contributed by atoms with Crippen LogP contribution in [0.4, 0.5) is 0 Å². The summed E-state index contributed by atoms with van der Waals surface area (Å²) >= 11 is 0. The summed E-state index contributed by atoms with van der Waals surface area (Å²) in [6.45, 7) is 3.47. The summed E-state index contributed by atoms with van der Waals surface area (Å²) in [6.07, 6.45) is 1.99. The molecule has 22 heavy (non-hydrogen) atoms. The van der Waals surface area contributed by atoms with Crippen LogP contribution in [0.2, 0.25) is 0 Å². The number of hydrogen-bond donors (Lipinski definition) is 1. The Labute approximate surface area is 138 Å². The number of carbonyl (C=O) groups excluding carboxylic acids is 1. The van der Waals surface area contributed by atoms with E-state index in [0.717, 1.165) is 19.4 Å². The minimum Gasteiger partial charge on any atom is -0.493 e. The fourth-order valence-electron chi connectivity index (χ4n) is 2.88. The van der Waals surface area contributed by atoms with E-state index in [1.165, 1.54) is 0 Å². The predicted octanol–water partition coefficient (Wildman–Crippen LogP) is 2.33. The lowest BCUT2D eigenvalue weighted by Crippen LogP contribution is -2.49. The molecular weight excluding hydrogens is 304 g/mol. The van der Waals surface area contributed by atoms with Crippen LogP contribution in [0.5, 0.6) is 11.5 Å². The Kier molecular flexibility index (Phi) is 6.97. The third kappa shape index (κ3) is 3.84. The van der Waals surface area contributed by atoms with Crippen LogP contribution in [-0.4, -0.2) is 44.2 Å². The number of amides is 1. The molecule has 2 rings (SSSR count). The van der Waals surface area contributed by atoms with Crippen molar-refractivity contribution in [2.75, 3.05) is 27.3 Å². The molecule has 1 aliphatic rings. The molecule has 0 spiro atoms. The monoisotopic (exact) mass is 328 g/mol. The molecule has 1 amide bonds. The lowest BCUT2D eigenvalue weighted by Gasteiger charge is -2.38. The van der Waals surface area contributed by atoms with Crippen molar-refractivity contribution in [3.05, 3.63) is 23.8 Å². The average Bonchev–Trinajstić information content (AvgIpc) is 2.53. The van der Waals surface area contributed by atoms with Gasteiger partial charge >= 0.3 is 0 Å². The van der Waals surface area contributed by atoms with Gasteiger partial charge in [0.1, 0.15) is 0 Å². The van der Waals surface area contributed by atoms with Crippen molar-refractivity contribution < 1.29 is 14.3 Å². The van der Waals surface area contributed by atoms with Gasteiger partial charge in [-0.25, -0.2) is 0 Å². The maximum absolute atomic E-state index is 12.7. The zero-order valence-electron chi connectivity index (χ0n) is 13.4. The van der Waals surface area contributed by atoms with Crippen molar-refractivity contribution in [2.45, 2.75) is 25.8 Å². The summed E-state index contributed by atoms with van der Waals surface area (Å²) in [6, 6.07) is 5.38. The zero-order valence-corrected chi connectivity index (χ0v) is 14.2. The minimum absolute atomic E-state index is 0. The zero-order chi connectivity index (χ0) is 15.4. The molecule has 6 heteroatoms. The molecule has 2 atom stereocenters. The maximum atomic E-state index is 12.7. The second-order valence-corrected chi connectivity index (χ2v) is 5.59. The Balaban J connectivity index is 0.00000242. The number of benzene rings is 1. The predicted molar refractivity (Wildman–Crippen MR) is 89.1 cm³/mol. The molecule has 2 unspecified atom stereocenters. The Bertz CT molecular complexity index is 510. The molecule has 1 heterocycles. The highest BCUT2D eigenvalue weighted by atomic mass is 35.5. The number of hydrogen-bond acceptors (Lipinski definition) is 4. The van der Waals surface area contributed by atoms with Crippen molar-refractivity contribution in [1.82, 2.24) is 4.90 Å². The number of halogens is 1. The first-order valence-corrected chi connectivity index (χ1v) is 7.33.